The molecule has 0 aliphatic carbocycles. The maximum Gasteiger partial charge on any atom is 0.251 e. The molecule has 5 heteroatoms. The Morgan fingerprint density at radius 3 is 2.44 bits per heavy atom. The van der Waals surface area contributed by atoms with Crippen molar-refractivity contribution in [2.75, 3.05) is 7.11 Å². The summed E-state index contributed by atoms with van der Waals surface area (Å²) in [6, 6.07) is 20.7. The highest BCUT2D eigenvalue weighted by Crippen LogP contribution is 2.16. The van der Waals surface area contributed by atoms with Gasteiger partial charge in [0.05, 0.1) is 7.11 Å². The van der Waals surface area contributed by atoms with Gasteiger partial charge in [0, 0.05) is 12.1 Å². The predicted octanol–water partition coefficient (Wildman–Crippen LogP) is 4.34. The zero-order chi connectivity index (χ0) is 19.1. The first-order valence-corrected chi connectivity index (χ1v) is 8.52. The standard InChI is InChI=1S/C22H20FNO3/c1-26-21-7-3-5-18(13-21)22(25)24-14-16-8-10-20(11-9-16)27-15-17-4-2-6-19(23)12-17/h2-13H,14-15H2,1H3,(H,24,25). The highest BCUT2D eigenvalue weighted by molar-refractivity contribution is 5.94. The van der Waals surface area contributed by atoms with Crippen molar-refractivity contribution in [2.45, 2.75) is 13.2 Å². The number of hydrogen-bond acceptors (Lipinski definition) is 3. The molecule has 0 spiro atoms. The van der Waals surface area contributed by atoms with Gasteiger partial charge >= 0.3 is 0 Å². The number of rotatable bonds is 7. The van der Waals surface area contributed by atoms with Crippen LogP contribution in [0.4, 0.5) is 4.39 Å². The van der Waals surface area contributed by atoms with Gasteiger partial charge in [0.2, 0.25) is 0 Å². The van der Waals surface area contributed by atoms with Crippen molar-refractivity contribution in [2.24, 2.45) is 0 Å². The van der Waals surface area contributed by atoms with E-state index in [9.17, 15) is 9.18 Å². The number of carbonyl (C=O) groups excluding carboxylic acids is 1. The van der Waals surface area contributed by atoms with Crippen LogP contribution in [-0.2, 0) is 13.2 Å². The molecule has 0 saturated heterocycles. The van der Waals surface area contributed by atoms with E-state index >= 15 is 0 Å². The summed E-state index contributed by atoms with van der Waals surface area (Å²) in [4.78, 5) is 12.2. The Bertz CT molecular complexity index is 909. The minimum atomic E-state index is -0.279. The Hall–Kier alpha value is -3.34. The van der Waals surface area contributed by atoms with E-state index in [4.69, 9.17) is 9.47 Å². The summed E-state index contributed by atoms with van der Waals surface area (Å²) in [5.41, 5.74) is 2.26. The summed E-state index contributed by atoms with van der Waals surface area (Å²) >= 11 is 0. The zero-order valence-electron chi connectivity index (χ0n) is 14.9. The SMILES string of the molecule is COc1cccc(C(=O)NCc2ccc(OCc3cccc(F)c3)cc2)c1. The van der Waals surface area contributed by atoms with Crippen LogP contribution in [0.2, 0.25) is 0 Å². The molecule has 138 valence electrons. The van der Waals surface area contributed by atoms with Crippen LogP contribution in [0.3, 0.4) is 0 Å². The average molecular weight is 365 g/mol. The monoisotopic (exact) mass is 365 g/mol. The maximum absolute atomic E-state index is 13.2. The van der Waals surface area contributed by atoms with E-state index in [1.165, 1.54) is 12.1 Å². The minimum Gasteiger partial charge on any atom is -0.497 e. The molecule has 0 unspecified atom stereocenters. The lowest BCUT2D eigenvalue weighted by atomic mass is 10.2. The van der Waals surface area contributed by atoms with E-state index in [-0.39, 0.29) is 11.7 Å². The van der Waals surface area contributed by atoms with E-state index in [2.05, 4.69) is 5.32 Å². The maximum atomic E-state index is 13.2. The second-order valence-corrected chi connectivity index (χ2v) is 5.98. The number of amides is 1. The lowest BCUT2D eigenvalue weighted by Crippen LogP contribution is -2.22. The van der Waals surface area contributed by atoms with Gasteiger partial charge in [-0.05, 0) is 53.6 Å². The van der Waals surface area contributed by atoms with E-state index in [1.54, 1.807) is 37.4 Å². The molecule has 27 heavy (non-hydrogen) atoms. The zero-order valence-corrected chi connectivity index (χ0v) is 14.9. The van der Waals surface area contributed by atoms with Gasteiger partial charge in [-0.25, -0.2) is 4.39 Å². The van der Waals surface area contributed by atoms with Gasteiger partial charge in [-0.15, -0.1) is 0 Å². The normalized spacial score (nSPS) is 10.3. The van der Waals surface area contributed by atoms with Crippen molar-refractivity contribution >= 4 is 5.91 Å². The van der Waals surface area contributed by atoms with Crippen LogP contribution in [-0.4, -0.2) is 13.0 Å². The van der Waals surface area contributed by atoms with E-state index < -0.39 is 0 Å². The molecular formula is C22H20FNO3. The molecule has 0 aliphatic rings. The quantitative estimate of drug-likeness (QED) is 0.677. The smallest absolute Gasteiger partial charge is 0.251 e. The first-order valence-electron chi connectivity index (χ1n) is 8.52. The predicted molar refractivity (Wildman–Crippen MR) is 101 cm³/mol. The van der Waals surface area contributed by atoms with Crippen molar-refractivity contribution in [3.8, 4) is 11.5 Å². The number of nitrogens with one attached hydrogen (secondary N) is 1. The fourth-order valence-electron chi connectivity index (χ4n) is 2.55. The second-order valence-electron chi connectivity index (χ2n) is 5.98. The lowest BCUT2D eigenvalue weighted by molar-refractivity contribution is 0.0950. The summed E-state index contributed by atoms with van der Waals surface area (Å²) < 4.78 is 23.9. The van der Waals surface area contributed by atoms with Crippen LogP contribution in [0.1, 0.15) is 21.5 Å². The fraction of sp³-hybridized carbons (Fsp3) is 0.136. The van der Waals surface area contributed by atoms with Gasteiger partial charge in [0.1, 0.15) is 23.9 Å². The van der Waals surface area contributed by atoms with Crippen molar-refractivity contribution < 1.29 is 18.7 Å². The minimum absolute atomic E-state index is 0.166. The first kappa shape index (κ1) is 18.5. The second kappa shape index (κ2) is 8.85. The Kier molecular flexibility index (Phi) is 6.05. The highest BCUT2D eigenvalue weighted by atomic mass is 19.1. The van der Waals surface area contributed by atoms with Crippen LogP contribution >= 0.6 is 0 Å². The van der Waals surface area contributed by atoms with Gasteiger partial charge in [0.25, 0.3) is 5.91 Å². The van der Waals surface area contributed by atoms with Crippen LogP contribution < -0.4 is 14.8 Å². The molecule has 0 aromatic heterocycles. The third kappa shape index (κ3) is 5.31. The van der Waals surface area contributed by atoms with Gasteiger partial charge in [-0.3, -0.25) is 4.79 Å². The molecule has 4 nitrogen and oxygen atoms in total. The molecule has 0 bridgehead atoms. The summed E-state index contributed by atoms with van der Waals surface area (Å²) in [6.07, 6.45) is 0. The third-order valence-corrected chi connectivity index (χ3v) is 4.00. The molecule has 0 aliphatic heterocycles. The Morgan fingerprint density at radius 1 is 0.926 bits per heavy atom. The molecule has 1 N–H and O–H groups in total. The number of ether oxygens (including phenoxy) is 2. The number of benzene rings is 3. The molecular weight excluding hydrogens is 345 g/mol. The third-order valence-electron chi connectivity index (χ3n) is 4.00. The molecule has 0 fully saturated rings. The summed E-state index contributed by atoms with van der Waals surface area (Å²) in [5, 5.41) is 2.87. The van der Waals surface area contributed by atoms with Crippen molar-refractivity contribution in [1.82, 2.24) is 5.32 Å². The van der Waals surface area contributed by atoms with Crippen molar-refractivity contribution in [3.63, 3.8) is 0 Å². The van der Waals surface area contributed by atoms with Gasteiger partial charge in [-0.1, -0.05) is 30.3 Å². The molecule has 0 saturated carbocycles. The van der Waals surface area contributed by atoms with Crippen LogP contribution in [0, 0.1) is 5.82 Å². The van der Waals surface area contributed by atoms with Gasteiger partial charge in [-0.2, -0.15) is 0 Å². The number of methoxy groups -OCH3 is 1. The lowest BCUT2D eigenvalue weighted by Gasteiger charge is -2.09. The molecule has 0 atom stereocenters. The summed E-state index contributed by atoms with van der Waals surface area (Å²) in [6.45, 7) is 0.698. The molecule has 3 rings (SSSR count). The molecule has 3 aromatic rings. The molecule has 1 amide bonds. The topological polar surface area (TPSA) is 47.6 Å². The Labute approximate surface area is 157 Å². The Morgan fingerprint density at radius 2 is 1.70 bits per heavy atom. The van der Waals surface area contributed by atoms with Crippen molar-refractivity contribution in [3.05, 3.63) is 95.3 Å². The fourth-order valence-corrected chi connectivity index (χ4v) is 2.55. The summed E-state index contributed by atoms with van der Waals surface area (Å²) in [7, 11) is 1.56. The summed E-state index contributed by atoms with van der Waals surface area (Å²) in [5.74, 6) is 0.878. The molecule has 0 heterocycles. The molecule has 0 radical (unpaired) electrons. The number of hydrogen-bond donors (Lipinski definition) is 1. The number of halogens is 1. The first-order chi connectivity index (χ1) is 13.1. The van der Waals surface area contributed by atoms with Crippen LogP contribution in [0.5, 0.6) is 11.5 Å². The molecule has 3 aromatic carbocycles. The Balaban J connectivity index is 1.52. The average Bonchev–Trinajstić information content (AvgIpc) is 2.71. The van der Waals surface area contributed by atoms with E-state index in [0.29, 0.717) is 30.2 Å². The number of carbonyl (C=O) groups is 1. The van der Waals surface area contributed by atoms with Crippen LogP contribution in [0.15, 0.2) is 72.8 Å². The van der Waals surface area contributed by atoms with Gasteiger partial charge < -0.3 is 14.8 Å². The highest BCUT2D eigenvalue weighted by Gasteiger charge is 2.06. The largest absolute Gasteiger partial charge is 0.497 e. The van der Waals surface area contributed by atoms with E-state index in [0.717, 1.165) is 11.1 Å². The van der Waals surface area contributed by atoms with E-state index in [1.807, 2.05) is 30.3 Å². The van der Waals surface area contributed by atoms with Gasteiger partial charge in [0.15, 0.2) is 0 Å². The van der Waals surface area contributed by atoms with Crippen LogP contribution in [0.25, 0.3) is 0 Å². The van der Waals surface area contributed by atoms with Crippen molar-refractivity contribution in [1.29, 1.82) is 0 Å².